The normalized spacial score (nSPS) is 14.6. The molecule has 0 aliphatic heterocycles. The van der Waals surface area contributed by atoms with Crippen LogP contribution < -0.4 is 15.8 Å². The van der Waals surface area contributed by atoms with Gasteiger partial charge < -0.3 is 20.5 Å². The van der Waals surface area contributed by atoms with E-state index in [2.05, 4.69) is 5.32 Å². The molecule has 2 aromatic rings. The van der Waals surface area contributed by atoms with Gasteiger partial charge in [0.05, 0.1) is 5.56 Å². The SMILES string of the molecule is C[C@H](OC(=O)[C@H](C)Oc1ccc(F)cc1)C(=O)Nc1sc2c(c1C(N)=O)CCC2. The van der Waals surface area contributed by atoms with Gasteiger partial charge in [-0.05, 0) is 62.9 Å². The third-order valence-electron chi connectivity index (χ3n) is 4.53. The van der Waals surface area contributed by atoms with Crippen molar-refractivity contribution >= 4 is 34.1 Å². The van der Waals surface area contributed by atoms with Crippen molar-refractivity contribution in [1.29, 1.82) is 0 Å². The smallest absolute Gasteiger partial charge is 0.347 e. The highest BCUT2D eigenvalue weighted by Crippen LogP contribution is 2.38. The van der Waals surface area contributed by atoms with Crippen LogP contribution in [0.5, 0.6) is 5.75 Å². The Kier molecular flexibility index (Phi) is 6.17. The number of hydrogen-bond acceptors (Lipinski definition) is 6. The Balaban J connectivity index is 1.60. The molecule has 154 valence electrons. The molecule has 1 heterocycles. The predicted molar refractivity (Wildman–Crippen MR) is 106 cm³/mol. The van der Waals surface area contributed by atoms with Gasteiger partial charge in [0.2, 0.25) is 0 Å². The highest BCUT2D eigenvalue weighted by molar-refractivity contribution is 7.17. The van der Waals surface area contributed by atoms with Crippen molar-refractivity contribution in [2.24, 2.45) is 5.73 Å². The summed E-state index contributed by atoms with van der Waals surface area (Å²) in [5, 5.41) is 3.02. The summed E-state index contributed by atoms with van der Waals surface area (Å²) in [6, 6.07) is 5.18. The molecular weight excluding hydrogens is 399 g/mol. The molecule has 0 spiro atoms. The first kappa shape index (κ1) is 20.8. The van der Waals surface area contributed by atoms with E-state index in [1.807, 2.05) is 0 Å². The predicted octanol–water partition coefficient (Wildman–Crippen LogP) is 2.81. The number of halogens is 1. The lowest BCUT2D eigenvalue weighted by Gasteiger charge is -2.17. The van der Waals surface area contributed by atoms with Gasteiger partial charge >= 0.3 is 5.97 Å². The number of benzene rings is 1. The largest absolute Gasteiger partial charge is 0.479 e. The number of aryl methyl sites for hydroxylation is 1. The van der Waals surface area contributed by atoms with E-state index in [0.717, 1.165) is 29.7 Å². The Morgan fingerprint density at radius 1 is 1.14 bits per heavy atom. The first-order chi connectivity index (χ1) is 13.8. The standard InChI is InChI=1S/C20H21FN2O5S/c1-10(28-20(26)11(2)27-13-8-6-12(21)7-9-13)18(25)23-19-16(17(22)24)14-4-3-5-15(14)29-19/h6-11H,3-5H2,1-2H3,(H2,22,24)(H,23,25)/t10-,11-/m0/s1. The second kappa shape index (κ2) is 8.60. The molecule has 9 heteroatoms. The first-order valence-corrected chi connectivity index (χ1v) is 9.95. The number of amides is 2. The fourth-order valence-electron chi connectivity index (χ4n) is 3.06. The maximum atomic E-state index is 12.9. The average molecular weight is 420 g/mol. The topological polar surface area (TPSA) is 108 Å². The number of nitrogens with two attached hydrogens (primary N) is 1. The Labute approximate surface area is 171 Å². The minimum atomic E-state index is -1.11. The zero-order valence-electron chi connectivity index (χ0n) is 16.0. The van der Waals surface area contributed by atoms with Crippen LogP contribution in [0.15, 0.2) is 24.3 Å². The molecule has 0 unspecified atom stereocenters. The molecule has 1 aromatic heterocycles. The second-order valence-corrected chi connectivity index (χ2v) is 7.81. The fraction of sp³-hybridized carbons (Fsp3) is 0.350. The summed E-state index contributed by atoms with van der Waals surface area (Å²) in [6.45, 7) is 2.88. The Morgan fingerprint density at radius 2 is 1.83 bits per heavy atom. The summed E-state index contributed by atoms with van der Waals surface area (Å²) in [7, 11) is 0. The maximum absolute atomic E-state index is 12.9. The zero-order chi connectivity index (χ0) is 21.1. The van der Waals surface area contributed by atoms with Crippen molar-refractivity contribution in [3.05, 3.63) is 46.1 Å². The lowest BCUT2D eigenvalue weighted by Crippen LogP contribution is -2.35. The van der Waals surface area contributed by atoms with Crippen LogP contribution in [0.4, 0.5) is 9.39 Å². The molecule has 0 bridgehead atoms. The number of thiophene rings is 1. The summed E-state index contributed by atoms with van der Waals surface area (Å²) < 4.78 is 23.5. The van der Waals surface area contributed by atoms with E-state index in [1.165, 1.54) is 49.4 Å². The first-order valence-electron chi connectivity index (χ1n) is 9.14. The van der Waals surface area contributed by atoms with Crippen molar-refractivity contribution in [2.45, 2.75) is 45.3 Å². The third-order valence-corrected chi connectivity index (χ3v) is 5.73. The van der Waals surface area contributed by atoms with Crippen LogP contribution in [-0.2, 0) is 27.2 Å². The number of hydrogen-bond donors (Lipinski definition) is 2. The highest BCUT2D eigenvalue weighted by Gasteiger charge is 2.28. The van der Waals surface area contributed by atoms with Crippen molar-refractivity contribution in [3.8, 4) is 5.75 Å². The van der Waals surface area contributed by atoms with Crippen LogP contribution in [0.1, 0.15) is 41.1 Å². The van der Waals surface area contributed by atoms with E-state index < -0.39 is 35.8 Å². The monoisotopic (exact) mass is 420 g/mol. The number of carbonyl (C=O) groups excluding carboxylic acids is 3. The molecular formula is C20H21FN2O5S. The number of nitrogens with one attached hydrogen (secondary N) is 1. The van der Waals surface area contributed by atoms with Crippen molar-refractivity contribution in [1.82, 2.24) is 0 Å². The second-order valence-electron chi connectivity index (χ2n) is 6.71. The number of esters is 1. The van der Waals surface area contributed by atoms with Gasteiger partial charge in [-0.3, -0.25) is 9.59 Å². The van der Waals surface area contributed by atoms with Gasteiger partial charge in [-0.15, -0.1) is 11.3 Å². The van der Waals surface area contributed by atoms with E-state index in [9.17, 15) is 18.8 Å². The Hall–Kier alpha value is -2.94. The number of primary amides is 1. The van der Waals surface area contributed by atoms with E-state index in [4.69, 9.17) is 15.2 Å². The van der Waals surface area contributed by atoms with E-state index >= 15 is 0 Å². The summed E-state index contributed by atoms with van der Waals surface area (Å²) >= 11 is 1.32. The zero-order valence-corrected chi connectivity index (χ0v) is 16.8. The molecule has 3 N–H and O–H groups in total. The minimum absolute atomic E-state index is 0.298. The van der Waals surface area contributed by atoms with Gasteiger partial charge in [-0.25, -0.2) is 9.18 Å². The van der Waals surface area contributed by atoms with Crippen molar-refractivity contribution in [3.63, 3.8) is 0 Å². The summed E-state index contributed by atoms with van der Waals surface area (Å²) in [5.41, 5.74) is 6.71. The molecule has 29 heavy (non-hydrogen) atoms. The number of carbonyl (C=O) groups is 3. The van der Waals surface area contributed by atoms with Crippen LogP contribution >= 0.6 is 11.3 Å². The molecule has 1 aromatic carbocycles. The summed E-state index contributed by atoms with van der Waals surface area (Å²) in [6.07, 6.45) is 0.444. The van der Waals surface area contributed by atoms with Gasteiger partial charge in [0.15, 0.2) is 12.2 Å². The lowest BCUT2D eigenvalue weighted by atomic mass is 10.1. The van der Waals surface area contributed by atoms with Crippen molar-refractivity contribution < 1.29 is 28.2 Å². The molecule has 7 nitrogen and oxygen atoms in total. The Bertz CT molecular complexity index is 941. The van der Waals surface area contributed by atoms with Gasteiger partial charge in [0, 0.05) is 4.88 Å². The van der Waals surface area contributed by atoms with Crippen LogP contribution in [0, 0.1) is 5.82 Å². The van der Waals surface area contributed by atoms with Gasteiger partial charge in [0.1, 0.15) is 16.6 Å². The Morgan fingerprint density at radius 3 is 2.48 bits per heavy atom. The molecule has 2 atom stereocenters. The van der Waals surface area contributed by atoms with E-state index in [0.29, 0.717) is 16.3 Å². The molecule has 3 rings (SSSR count). The molecule has 2 amide bonds. The van der Waals surface area contributed by atoms with Crippen molar-refractivity contribution in [2.75, 3.05) is 5.32 Å². The molecule has 0 radical (unpaired) electrons. The number of fused-ring (bicyclic) bond motifs is 1. The van der Waals surface area contributed by atoms with Gasteiger partial charge in [-0.2, -0.15) is 0 Å². The maximum Gasteiger partial charge on any atom is 0.347 e. The number of anilines is 1. The van der Waals surface area contributed by atoms with Crippen LogP contribution in [-0.4, -0.2) is 30.0 Å². The lowest BCUT2D eigenvalue weighted by molar-refractivity contribution is -0.159. The molecule has 1 aliphatic carbocycles. The quantitative estimate of drug-likeness (QED) is 0.670. The third kappa shape index (κ3) is 4.73. The minimum Gasteiger partial charge on any atom is -0.479 e. The number of rotatable bonds is 7. The van der Waals surface area contributed by atoms with Gasteiger partial charge in [0.25, 0.3) is 11.8 Å². The van der Waals surface area contributed by atoms with Crippen LogP contribution in [0.2, 0.25) is 0 Å². The molecule has 0 saturated carbocycles. The molecule has 0 saturated heterocycles. The van der Waals surface area contributed by atoms with Crippen LogP contribution in [0.25, 0.3) is 0 Å². The number of ether oxygens (including phenoxy) is 2. The molecule has 1 aliphatic rings. The molecule has 0 fully saturated rings. The summed E-state index contributed by atoms with van der Waals surface area (Å²) in [4.78, 5) is 37.5. The van der Waals surface area contributed by atoms with Crippen LogP contribution in [0.3, 0.4) is 0 Å². The van der Waals surface area contributed by atoms with Gasteiger partial charge in [-0.1, -0.05) is 0 Å². The van der Waals surface area contributed by atoms with E-state index in [1.54, 1.807) is 0 Å². The average Bonchev–Trinajstić information content (AvgIpc) is 3.23. The van der Waals surface area contributed by atoms with E-state index in [-0.39, 0.29) is 0 Å². The fourth-order valence-corrected chi connectivity index (χ4v) is 4.35. The summed E-state index contributed by atoms with van der Waals surface area (Å²) in [5.74, 6) is -2.04. The highest BCUT2D eigenvalue weighted by atomic mass is 32.1.